The molecule has 0 saturated carbocycles. The molecule has 0 amide bonds. The van der Waals surface area contributed by atoms with Crippen LogP contribution in [0.2, 0.25) is 0 Å². The highest BCUT2D eigenvalue weighted by Gasteiger charge is 2.33. The van der Waals surface area contributed by atoms with E-state index in [2.05, 4.69) is 41.6 Å². The van der Waals surface area contributed by atoms with Crippen LogP contribution in [0.3, 0.4) is 0 Å². The maximum Gasteiger partial charge on any atom is 0.0568 e. The third-order valence-corrected chi connectivity index (χ3v) is 2.92. The predicted octanol–water partition coefficient (Wildman–Crippen LogP) is 0.515. The number of H-pyrrole nitrogens is 1. The highest BCUT2D eigenvalue weighted by Crippen LogP contribution is 2.24. The van der Waals surface area contributed by atoms with Crippen molar-refractivity contribution in [3.8, 4) is 0 Å². The molecule has 4 heteroatoms. The van der Waals surface area contributed by atoms with E-state index in [1.54, 1.807) is 0 Å². The summed E-state index contributed by atoms with van der Waals surface area (Å²) < 4.78 is 0. The lowest BCUT2D eigenvalue weighted by atomic mass is 9.89. The Morgan fingerprint density at radius 3 is 2.93 bits per heavy atom. The number of nitrogens with one attached hydrogen (secondary N) is 3. The second-order valence-electron chi connectivity index (χ2n) is 4.42. The Kier molecular flexibility index (Phi) is 2.33. The van der Waals surface area contributed by atoms with Gasteiger partial charge >= 0.3 is 0 Å². The molecule has 14 heavy (non-hydrogen) atoms. The van der Waals surface area contributed by atoms with Gasteiger partial charge in [-0.25, -0.2) is 0 Å². The summed E-state index contributed by atoms with van der Waals surface area (Å²) >= 11 is 0. The van der Waals surface area contributed by atoms with Crippen molar-refractivity contribution < 1.29 is 0 Å². The number of aromatic amines is 1. The first-order valence-corrected chi connectivity index (χ1v) is 5.11. The molecule has 3 N–H and O–H groups in total. The van der Waals surface area contributed by atoms with Crippen molar-refractivity contribution in [3.63, 3.8) is 0 Å². The van der Waals surface area contributed by atoms with Crippen molar-refractivity contribution in [2.75, 3.05) is 13.1 Å². The molecule has 2 heterocycles. The van der Waals surface area contributed by atoms with Crippen molar-refractivity contribution in [3.05, 3.63) is 17.5 Å². The Morgan fingerprint density at radius 1 is 1.57 bits per heavy atom. The van der Waals surface area contributed by atoms with Crippen LogP contribution in [0.25, 0.3) is 0 Å². The van der Waals surface area contributed by atoms with Gasteiger partial charge in [0, 0.05) is 30.4 Å². The Labute approximate surface area is 84.5 Å². The molecule has 1 aromatic rings. The van der Waals surface area contributed by atoms with Crippen LogP contribution < -0.4 is 10.6 Å². The van der Waals surface area contributed by atoms with Crippen LogP contribution >= 0.6 is 0 Å². The minimum absolute atomic E-state index is 0.00868. The van der Waals surface area contributed by atoms with Crippen LogP contribution in [0, 0.1) is 6.92 Å². The van der Waals surface area contributed by atoms with E-state index in [9.17, 15) is 0 Å². The predicted molar refractivity (Wildman–Crippen MR) is 56.1 cm³/mol. The van der Waals surface area contributed by atoms with Crippen LogP contribution in [0.4, 0.5) is 0 Å². The lowest BCUT2D eigenvalue weighted by Crippen LogP contribution is -2.59. The first-order chi connectivity index (χ1) is 6.62. The molecule has 4 nitrogen and oxygen atoms in total. The van der Waals surface area contributed by atoms with Crippen molar-refractivity contribution in [1.82, 2.24) is 20.8 Å². The summed E-state index contributed by atoms with van der Waals surface area (Å²) in [6, 6.07) is 0.503. The highest BCUT2D eigenvalue weighted by molar-refractivity contribution is 5.26. The van der Waals surface area contributed by atoms with E-state index in [-0.39, 0.29) is 5.54 Å². The van der Waals surface area contributed by atoms with Crippen LogP contribution in [-0.4, -0.2) is 29.3 Å². The molecule has 78 valence electrons. The summed E-state index contributed by atoms with van der Waals surface area (Å²) in [7, 11) is 0. The van der Waals surface area contributed by atoms with Crippen LogP contribution in [0.15, 0.2) is 6.20 Å². The van der Waals surface area contributed by atoms with Crippen molar-refractivity contribution in [1.29, 1.82) is 0 Å². The summed E-state index contributed by atoms with van der Waals surface area (Å²) in [5.41, 5.74) is 2.42. The zero-order chi connectivity index (χ0) is 10.2. The van der Waals surface area contributed by atoms with Gasteiger partial charge in [-0.3, -0.25) is 5.10 Å². The van der Waals surface area contributed by atoms with Crippen molar-refractivity contribution in [2.24, 2.45) is 0 Å². The van der Waals surface area contributed by atoms with Gasteiger partial charge in [0.05, 0.1) is 11.7 Å². The van der Waals surface area contributed by atoms with E-state index in [0.717, 1.165) is 18.8 Å². The fourth-order valence-corrected chi connectivity index (χ4v) is 2.26. The quantitative estimate of drug-likeness (QED) is 0.611. The zero-order valence-corrected chi connectivity index (χ0v) is 9.02. The molecule has 0 spiro atoms. The molecular weight excluding hydrogens is 176 g/mol. The Morgan fingerprint density at radius 2 is 2.36 bits per heavy atom. The monoisotopic (exact) mass is 194 g/mol. The Balaban J connectivity index is 2.27. The van der Waals surface area contributed by atoms with E-state index in [4.69, 9.17) is 0 Å². The van der Waals surface area contributed by atoms with Gasteiger partial charge in [0.1, 0.15) is 0 Å². The summed E-state index contributed by atoms with van der Waals surface area (Å²) in [4.78, 5) is 0. The smallest absolute Gasteiger partial charge is 0.0568 e. The number of hydrogen-bond acceptors (Lipinski definition) is 3. The number of nitrogens with zero attached hydrogens (tertiary/aromatic N) is 1. The van der Waals surface area contributed by atoms with Crippen LogP contribution in [0.1, 0.15) is 25.1 Å². The number of rotatable bonds is 1. The van der Waals surface area contributed by atoms with Gasteiger partial charge in [-0.1, -0.05) is 0 Å². The molecule has 1 fully saturated rings. The zero-order valence-electron chi connectivity index (χ0n) is 9.02. The minimum Gasteiger partial charge on any atom is -0.313 e. The van der Waals surface area contributed by atoms with Crippen LogP contribution in [0.5, 0.6) is 0 Å². The van der Waals surface area contributed by atoms with E-state index in [1.807, 2.05) is 6.20 Å². The first-order valence-electron chi connectivity index (χ1n) is 5.11. The maximum absolute atomic E-state index is 4.07. The molecule has 2 rings (SSSR count). The van der Waals surface area contributed by atoms with Crippen LogP contribution in [-0.2, 0) is 5.54 Å². The highest BCUT2D eigenvalue weighted by atomic mass is 15.2. The fraction of sp³-hybridized carbons (Fsp3) is 0.700. The minimum atomic E-state index is 0.00868. The topological polar surface area (TPSA) is 52.7 Å². The maximum atomic E-state index is 4.07. The lowest BCUT2D eigenvalue weighted by molar-refractivity contribution is 0.254. The Hall–Kier alpha value is -0.870. The average molecular weight is 194 g/mol. The molecule has 0 aromatic carbocycles. The largest absolute Gasteiger partial charge is 0.313 e. The van der Waals surface area contributed by atoms with Gasteiger partial charge in [-0.2, -0.15) is 5.10 Å². The molecule has 0 aliphatic carbocycles. The number of hydrogen-bond donors (Lipinski definition) is 3. The summed E-state index contributed by atoms with van der Waals surface area (Å²) in [5, 5.41) is 14.1. The summed E-state index contributed by atoms with van der Waals surface area (Å²) in [5.74, 6) is 0. The van der Waals surface area contributed by atoms with Gasteiger partial charge in [-0.05, 0) is 20.8 Å². The molecule has 1 aliphatic rings. The normalized spacial score (nSPS) is 33.2. The first kappa shape index (κ1) is 9.68. The van der Waals surface area contributed by atoms with E-state index in [1.165, 1.54) is 5.56 Å². The SMILES string of the molecule is Cc1[nH]ncc1C1(C)CNCC(C)N1. The van der Waals surface area contributed by atoms with Gasteiger partial charge in [0.25, 0.3) is 0 Å². The number of aryl methyl sites for hydroxylation is 1. The van der Waals surface area contributed by atoms with E-state index in [0.29, 0.717) is 6.04 Å². The second-order valence-corrected chi connectivity index (χ2v) is 4.42. The molecule has 0 radical (unpaired) electrons. The van der Waals surface area contributed by atoms with Crippen molar-refractivity contribution in [2.45, 2.75) is 32.4 Å². The van der Waals surface area contributed by atoms with E-state index >= 15 is 0 Å². The summed E-state index contributed by atoms with van der Waals surface area (Å²) in [6.07, 6.45) is 1.92. The van der Waals surface area contributed by atoms with Gasteiger partial charge in [-0.15, -0.1) is 0 Å². The standard InChI is InChI=1S/C10H18N4/c1-7-4-11-6-10(3,13-7)9-5-12-14-8(9)2/h5,7,11,13H,4,6H2,1-3H3,(H,12,14). The molecule has 0 bridgehead atoms. The van der Waals surface area contributed by atoms with Gasteiger partial charge in [0.15, 0.2) is 0 Å². The van der Waals surface area contributed by atoms with E-state index < -0.39 is 0 Å². The van der Waals surface area contributed by atoms with Gasteiger partial charge < -0.3 is 10.6 Å². The molecule has 1 aromatic heterocycles. The number of aromatic nitrogens is 2. The molecular formula is C10H18N4. The molecule has 1 saturated heterocycles. The Bertz CT molecular complexity index is 320. The van der Waals surface area contributed by atoms with Crippen molar-refractivity contribution >= 4 is 0 Å². The lowest BCUT2D eigenvalue weighted by Gasteiger charge is -2.39. The molecule has 2 atom stereocenters. The molecule has 1 aliphatic heterocycles. The molecule has 2 unspecified atom stereocenters. The second kappa shape index (κ2) is 3.37. The average Bonchev–Trinajstić information content (AvgIpc) is 2.51. The van der Waals surface area contributed by atoms with Gasteiger partial charge in [0.2, 0.25) is 0 Å². The number of piperazine rings is 1. The summed E-state index contributed by atoms with van der Waals surface area (Å²) in [6.45, 7) is 8.46. The third-order valence-electron chi connectivity index (χ3n) is 2.92. The fourth-order valence-electron chi connectivity index (χ4n) is 2.26. The third kappa shape index (κ3) is 1.55.